The minimum atomic E-state index is 0.439. The first kappa shape index (κ1) is 17.2. The van der Waals surface area contributed by atoms with Crippen molar-refractivity contribution in [1.29, 1.82) is 0 Å². The summed E-state index contributed by atoms with van der Waals surface area (Å²) in [6.45, 7) is 13.0. The van der Waals surface area contributed by atoms with Gasteiger partial charge in [-0.05, 0) is 50.0 Å². The van der Waals surface area contributed by atoms with Gasteiger partial charge in [0.05, 0.1) is 6.10 Å². The number of rotatable bonds is 5. The van der Waals surface area contributed by atoms with Crippen LogP contribution in [-0.2, 0) is 4.74 Å². The Morgan fingerprint density at radius 3 is 2.52 bits per heavy atom. The number of hydrogen-bond acceptors (Lipinski definition) is 3. The Morgan fingerprint density at radius 2 is 1.95 bits per heavy atom. The fourth-order valence-corrected chi connectivity index (χ4v) is 4.15. The Bertz CT molecular complexity index is 311. The first-order chi connectivity index (χ1) is 9.95. The van der Waals surface area contributed by atoms with E-state index in [1.165, 1.54) is 38.6 Å². The normalized spacial score (nSPS) is 35.3. The Balaban J connectivity index is 2.02. The molecule has 4 atom stereocenters. The van der Waals surface area contributed by atoms with Gasteiger partial charge in [0, 0.05) is 32.3 Å². The van der Waals surface area contributed by atoms with E-state index in [-0.39, 0.29) is 0 Å². The van der Waals surface area contributed by atoms with Crippen LogP contribution >= 0.6 is 0 Å². The van der Waals surface area contributed by atoms with Gasteiger partial charge >= 0.3 is 0 Å². The van der Waals surface area contributed by atoms with Gasteiger partial charge in [-0.15, -0.1) is 0 Å². The second kappa shape index (κ2) is 7.43. The van der Waals surface area contributed by atoms with Crippen LogP contribution in [-0.4, -0.2) is 49.8 Å². The van der Waals surface area contributed by atoms with Crippen LogP contribution in [0.1, 0.15) is 59.8 Å². The molecule has 1 heterocycles. The van der Waals surface area contributed by atoms with Crippen LogP contribution in [0.2, 0.25) is 0 Å². The van der Waals surface area contributed by atoms with Gasteiger partial charge in [0.2, 0.25) is 0 Å². The molecule has 4 unspecified atom stereocenters. The second-order valence-corrected chi connectivity index (χ2v) is 8.15. The fourth-order valence-electron chi connectivity index (χ4n) is 4.15. The predicted molar refractivity (Wildman–Crippen MR) is 89.7 cm³/mol. The van der Waals surface area contributed by atoms with Gasteiger partial charge in [-0.1, -0.05) is 27.7 Å². The highest BCUT2D eigenvalue weighted by atomic mass is 16.5. The van der Waals surface area contributed by atoms with Crippen molar-refractivity contribution < 1.29 is 4.74 Å². The minimum absolute atomic E-state index is 0.439. The Morgan fingerprint density at radius 1 is 1.19 bits per heavy atom. The van der Waals surface area contributed by atoms with Gasteiger partial charge in [-0.3, -0.25) is 4.90 Å². The van der Waals surface area contributed by atoms with Gasteiger partial charge in [0.15, 0.2) is 0 Å². The van der Waals surface area contributed by atoms with E-state index >= 15 is 0 Å². The molecular formula is C18H36N2O. The maximum absolute atomic E-state index is 5.58. The number of hydrogen-bond donors (Lipinski definition) is 1. The molecule has 0 amide bonds. The van der Waals surface area contributed by atoms with Gasteiger partial charge < -0.3 is 10.1 Å². The smallest absolute Gasteiger partial charge is 0.0710 e. The molecule has 3 nitrogen and oxygen atoms in total. The van der Waals surface area contributed by atoms with E-state index < -0.39 is 0 Å². The fraction of sp³-hybridized carbons (Fsp3) is 1.00. The summed E-state index contributed by atoms with van der Waals surface area (Å²) in [4.78, 5) is 2.71. The first-order valence-corrected chi connectivity index (χ1v) is 8.96. The summed E-state index contributed by atoms with van der Waals surface area (Å²) in [6, 6.07) is 1.38. The summed E-state index contributed by atoms with van der Waals surface area (Å²) in [7, 11) is 1.86. The van der Waals surface area contributed by atoms with Gasteiger partial charge in [0.25, 0.3) is 0 Å². The molecule has 124 valence electrons. The summed E-state index contributed by atoms with van der Waals surface area (Å²) in [5.74, 6) is 0.851. The molecule has 0 aromatic carbocycles. The van der Waals surface area contributed by atoms with Gasteiger partial charge in [-0.2, -0.15) is 0 Å². The SMILES string of the molecule is CCCNC1CCC(C(C)(C)C)CC1N1CCC(OC)C1. The predicted octanol–water partition coefficient (Wildman–Crippen LogP) is 3.29. The maximum Gasteiger partial charge on any atom is 0.0710 e. The number of likely N-dealkylation sites (tertiary alicyclic amines) is 1. The Kier molecular flexibility index (Phi) is 6.10. The number of methoxy groups -OCH3 is 1. The average molecular weight is 296 g/mol. The molecule has 0 radical (unpaired) electrons. The number of ether oxygens (including phenoxy) is 1. The lowest BCUT2D eigenvalue weighted by molar-refractivity contribution is 0.0541. The van der Waals surface area contributed by atoms with Gasteiger partial charge in [-0.25, -0.2) is 0 Å². The van der Waals surface area contributed by atoms with Crippen molar-refractivity contribution in [1.82, 2.24) is 10.2 Å². The highest BCUT2D eigenvalue weighted by Gasteiger charge is 2.40. The van der Waals surface area contributed by atoms with Crippen molar-refractivity contribution in [2.75, 3.05) is 26.7 Å². The molecule has 0 aromatic heterocycles. The third-order valence-corrected chi connectivity index (χ3v) is 5.68. The van der Waals surface area contributed by atoms with Crippen molar-refractivity contribution >= 4 is 0 Å². The average Bonchev–Trinajstić information content (AvgIpc) is 2.92. The summed E-state index contributed by atoms with van der Waals surface area (Å²) in [5, 5.41) is 3.82. The largest absolute Gasteiger partial charge is 0.380 e. The lowest BCUT2D eigenvalue weighted by atomic mass is 9.69. The van der Waals surface area contributed by atoms with E-state index in [1.807, 2.05) is 7.11 Å². The lowest BCUT2D eigenvalue weighted by Crippen LogP contribution is -2.54. The molecule has 1 aliphatic carbocycles. The molecule has 1 saturated heterocycles. The highest BCUT2D eigenvalue weighted by Crippen LogP contribution is 2.40. The second-order valence-electron chi connectivity index (χ2n) is 8.15. The summed E-state index contributed by atoms with van der Waals surface area (Å²) >= 11 is 0. The van der Waals surface area contributed by atoms with Crippen molar-refractivity contribution in [3.63, 3.8) is 0 Å². The molecule has 21 heavy (non-hydrogen) atoms. The Labute approximate surface area is 131 Å². The molecule has 3 heteroatoms. The van der Waals surface area contributed by atoms with E-state index in [4.69, 9.17) is 4.74 Å². The van der Waals surface area contributed by atoms with E-state index in [2.05, 4.69) is 37.9 Å². The molecular weight excluding hydrogens is 260 g/mol. The topological polar surface area (TPSA) is 24.5 Å². The third-order valence-electron chi connectivity index (χ3n) is 5.68. The quantitative estimate of drug-likeness (QED) is 0.842. The first-order valence-electron chi connectivity index (χ1n) is 8.96. The van der Waals surface area contributed by atoms with E-state index in [1.54, 1.807) is 0 Å². The molecule has 0 spiro atoms. The maximum atomic E-state index is 5.58. The zero-order valence-corrected chi connectivity index (χ0v) is 14.8. The zero-order chi connectivity index (χ0) is 15.5. The van der Waals surface area contributed by atoms with Crippen LogP contribution in [0.4, 0.5) is 0 Å². The molecule has 0 bridgehead atoms. The number of nitrogens with one attached hydrogen (secondary N) is 1. The summed E-state index contributed by atoms with van der Waals surface area (Å²) in [6.07, 6.45) is 6.94. The summed E-state index contributed by atoms with van der Waals surface area (Å²) in [5.41, 5.74) is 0.439. The molecule has 2 aliphatic rings. The van der Waals surface area contributed by atoms with Crippen LogP contribution < -0.4 is 5.32 Å². The molecule has 1 aliphatic heterocycles. The van der Waals surface area contributed by atoms with Crippen molar-refractivity contribution in [2.24, 2.45) is 11.3 Å². The lowest BCUT2D eigenvalue weighted by Gasteiger charge is -2.45. The summed E-state index contributed by atoms with van der Waals surface area (Å²) < 4.78 is 5.58. The molecule has 2 fully saturated rings. The van der Waals surface area contributed by atoms with Crippen molar-refractivity contribution in [2.45, 2.75) is 78.0 Å². The van der Waals surface area contributed by atoms with Crippen LogP contribution in [0.25, 0.3) is 0 Å². The van der Waals surface area contributed by atoms with Crippen molar-refractivity contribution in [3.05, 3.63) is 0 Å². The van der Waals surface area contributed by atoms with Crippen LogP contribution in [0.15, 0.2) is 0 Å². The van der Waals surface area contributed by atoms with Crippen molar-refractivity contribution in [3.8, 4) is 0 Å². The third kappa shape index (κ3) is 4.43. The van der Waals surface area contributed by atoms with E-state index in [0.717, 1.165) is 19.0 Å². The highest BCUT2D eigenvalue weighted by molar-refractivity contribution is 4.96. The Hall–Kier alpha value is -0.120. The molecule has 2 rings (SSSR count). The van der Waals surface area contributed by atoms with Crippen LogP contribution in [0.3, 0.4) is 0 Å². The van der Waals surface area contributed by atoms with E-state index in [9.17, 15) is 0 Å². The van der Waals surface area contributed by atoms with Crippen LogP contribution in [0, 0.1) is 11.3 Å². The van der Waals surface area contributed by atoms with Gasteiger partial charge in [0.1, 0.15) is 0 Å². The molecule has 1 N–H and O–H groups in total. The number of nitrogens with zero attached hydrogens (tertiary/aromatic N) is 1. The zero-order valence-electron chi connectivity index (χ0n) is 14.8. The standard InChI is InChI=1S/C18H36N2O/c1-6-10-19-16-8-7-14(18(2,3)4)12-17(16)20-11-9-15(13-20)21-5/h14-17,19H,6-13H2,1-5H3. The van der Waals surface area contributed by atoms with Crippen LogP contribution in [0.5, 0.6) is 0 Å². The monoisotopic (exact) mass is 296 g/mol. The molecule has 0 aromatic rings. The minimum Gasteiger partial charge on any atom is -0.380 e. The molecule has 1 saturated carbocycles. The van der Waals surface area contributed by atoms with E-state index in [0.29, 0.717) is 23.6 Å².